The van der Waals surface area contributed by atoms with Crippen LogP contribution >= 0.6 is 0 Å². The molecule has 1 aromatic heterocycles. The van der Waals surface area contributed by atoms with Gasteiger partial charge in [0.2, 0.25) is 0 Å². The molecule has 0 aliphatic carbocycles. The Morgan fingerprint density at radius 3 is 2.81 bits per heavy atom. The highest BCUT2D eigenvalue weighted by Crippen LogP contribution is 2.23. The van der Waals surface area contributed by atoms with E-state index in [1.807, 2.05) is 19.1 Å². The molecule has 0 fully saturated rings. The number of carbonyl (C=O) groups is 1. The molecule has 84 valence electrons. The lowest BCUT2D eigenvalue weighted by molar-refractivity contribution is -0.147. The molecule has 1 heterocycles. The number of nitrogens with zero attached hydrogens (tertiary/aromatic N) is 2. The van der Waals surface area contributed by atoms with Crippen LogP contribution in [0.3, 0.4) is 0 Å². The zero-order chi connectivity index (χ0) is 12.2. The minimum atomic E-state index is -1.33. The van der Waals surface area contributed by atoms with Gasteiger partial charge in [-0.05, 0) is 32.9 Å². The Labute approximate surface area is 94.9 Å². The first-order chi connectivity index (χ1) is 7.54. The Morgan fingerprint density at radius 2 is 2.31 bits per heavy atom. The molecule has 1 aromatic rings. The van der Waals surface area contributed by atoms with E-state index < -0.39 is 11.4 Å². The zero-order valence-corrected chi connectivity index (χ0v) is 9.65. The fourth-order valence-electron chi connectivity index (χ4n) is 1.30. The van der Waals surface area contributed by atoms with E-state index in [0.717, 1.165) is 5.69 Å². The van der Waals surface area contributed by atoms with Gasteiger partial charge < -0.3 is 4.74 Å². The number of hydrogen-bond acceptors (Lipinski definition) is 4. The second-order valence-corrected chi connectivity index (χ2v) is 3.62. The average Bonchev–Trinajstić information content (AvgIpc) is 2.28. The second-order valence-electron chi connectivity index (χ2n) is 3.62. The Morgan fingerprint density at radius 1 is 1.62 bits per heavy atom. The third-order valence-corrected chi connectivity index (χ3v) is 2.31. The lowest BCUT2D eigenvalue weighted by Crippen LogP contribution is -2.34. The van der Waals surface area contributed by atoms with E-state index in [9.17, 15) is 4.79 Å². The number of carbonyl (C=O) groups excluding carboxylic acids is 1. The van der Waals surface area contributed by atoms with Crippen LogP contribution in [-0.4, -0.2) is 17.6 Å². The lowest BCUT2D eigenvalue weighted by Gasteiger charge is -2.18. The van der Waals surface area contributed by atoms with Crippen LogP contribution in [0.2, 0.25) is 0 Å². The van der Waals surface area contributed by atoms with E-state index in [1.54, 1.807) is 19.1 Å². The first-order valence-electron chi connectivity index (χ1n) is 5.07. The number of aryl methyl sites for hydroxylation is 1. The fourth-order valence-corrected chi connectivity index (χ4v) is 1.30. The standard InChI is InChI=1S/C12H14N2O2/c1-4-16-11(15)12(3,8-13)10-7-5-6-9(2)14-10/h5-7H,4H2,1-3H3. The normalized spacial score (nSPS) is 13.6. The van der Waals surface area contributed by atoms with Gasteiger partial charge in [-0.1, -0.05) is 6.07 Å². The molecule has 0 radical (unpaired) electrons. The highest BCUT2D eigenvalue weighted by Gasteiger charge is 2.38. The molecule has 1 rings (SSSR count). The van der Waals surface area contributed by atoms with Crippen LogP contribution in [0.1, 0.15) is 25.2 Å². The molecule has 0 spiro atoms. The van der Waals surface area contributed by atoms with Gasteiger partial charge in [0.05, 0.1) is 18.4 Å². The van der Waals surface area contributed by atoms with E-state index in [4.69, 9.17) is 10.00 Å². The van der Waals surface area contributed by atoms with Crippen LogP contribution in [0.15, 0.2) is 18.2 Å². The van der Waals surface area contributed by atoms with Crippen molar-refractivity contribution in [3.05, 3.63) is 29.6 Å². The maximum atomic E-state index is 11.7. The maximum absolute atomic E-state index is 11.7. The summed E-state index contributed by atoms with van der Waals surface area (Å²) in [6, 6.07) is 7.21. The van der Waals surface area contributed by atoms with Crippen LogP contribution in [-0.2, 0) is 14.9 Å². The molecule has 0 aliphatic heterocycles. The third-order valence-electron chi connectivity index (χ3n) is 2.31. The van der Waals surface area contributed by atoms with Crippen molar-refractivity contribution in [2.75, 3.05) is 6.61 Å². The Kier molecular flexibility index (Phi) is 3.62. The van der Waals surface area contributed by atoms with Crippen LogP contribution < -0.4 is 0 Å². The Bertz CT molecular complexity index is 437. The quantitative estimate of drug-likeness (QED) is 0.725. The highest BCUT2D eigenvalue weighted by molar-refractivity contribution is 5.85. The summed E-state index contributed by atoms with van der Waals surface area (Å²) in [5.41, 5.74) is -0.140. The van der Waals surface area contributed by atoms with Crippen molar-refractivity contribution >= 4 is 5.97 Å². The zero-order valence-electron chi connectivity index (χ0n) is 9.65. The highest BCUT2D eigenvalue weighted by atomic mass is 16.5. The molecule has 0 saturated heterocycles. The van der Waals surface area contributed by atoms with Crippen LogP contribution in [0.25, 0.3) is 0 Å². The minimum Gasteiger partial charge on any atom is -0.465 e. The topological polar surface area (TPSA) is 63.0 Å². The largest absolute Gasteiger partial charge is 0.465 e. The first kappa shape index (κ1) is 12.2. The van der Waals surface area contributed by atoms with Gasteiger partial charge in [0.25, 0.3) is 0 Å². The smallest absolute Gasteiger partial charge is 0.332 e. The molecule has 1 atom stereocenters. The molecule has 0 aliphatic rings. The molecule has 0 aromatic carbocycles. The lowest BCUT2D eigenvalue weighted by atomic mass is 9.88. The molecule has 0 N–H and O–H groups in total. The van der Waals surface area contributed by atoms with Crippen molar-refractivity contribution in [1.82, 2.24) is 4.98 Å². The van der Waals surface area contributed by atoms with Crippen LogP contribution in [0.4, 0.5) is 0 Å². The number of esters is 1. The summed E-state index contributed by atoms with van der Waals surface area (Å²) in [4.78, 5) is 15.9. The van der Waals surface area contributed by atoms with Gasteiger partial charge in [0, 0.05) is 5.69 Å². The summed E-state index contributed by atoms with van der Waals surface area (Å²) in [5, 5.41) is 9.14. The Balaban J connectivity index is 3.16. The summed E-state index contributed by atoms with van der Waals surface area (Å²) in [6.45, 7) is 5.29. The second kappa shape index (κ2) is 4.75. The molecule has 0 bridgehead atoms. The van der Waals surface area contributed by atoms with E-state index in [1.165, 1.54) is 6.92 Å². The van der Waals surface area contributed by atoms with Gasteiger partial charge in [0.1, 0.15) is 0 Å². The Hall–Kier alpha value is -1.89. The van der Waals surface area contributed by atoms with Crippen molar-refractivity contribution in [3.63, 3.8) is 0 Å². The predicted molar refractivity (Wildman–Crippen MR) is 58.6 cm³/mol. The summed E-state index contributed by atoms with van der Waals surface area (Å²) in [5.74, 6) is -0.560. The minimum absolute atomic E-state index is 0.252. The van der Waals surface area contributed by atoms with E-state index >= 15 is 0 Å². The third kappa shape index (κ3) is 2.19. The summed E-state index contributed by atoms with van der Waals surface area (Å²) < 4.78 is 4.89. The molecule has 16 heavy (non-hydrogen) atoms. The molecule has 4 heteroatoms. The van der Waals surface area contributed by atoms with Crippen LogP contribution in [0.5, 0.6) is 0 Å². The molecule has 4 nitrogen and oxygen atoms in total. The SMILES string of the molecule is CCOC(=O)C(C)(C#N)c1cccc(C)n1. The van der Waals surface area contributed by atoms with Crippen molar-refractivity contribution in [3.8, 4) is 6.07 Å². The number of pyridine rings is 1. The van der Waals surface area contributed by atoms with Gasteiger partial charge in [-0.2, -0.15) is 5.26 Å². The van der Waals surface area contributed by atoms with E-state index in [2.05, 4.69) is 4.98 Å². The molecule has 0 amide bonds. The number of rotatable bonds is 3. The number of ether oxygens (including phenoxy) is 1. The van der Waals surface area contributed by atoms with Gasteiger partial charge in [0.15, 0.2) is 5.41 Å². The van der Waals surface area contributed by atoms with E-state index in [0.29, 0.717) is 5.69 Å². The van der Waals surface area contributed by atoms with E-state index in [-0.39, 0.29) is 6.61 Å². The van der Waals surface area contributed by atoms with Gasteiger partial charge in [-0.15, -0.1) is 0 Å². The molecular weight excluding hydrogens is 204 g/mol. The van der Waals surface area contributed by atoms with Crippen molar-refractivity contribution in [2.24, 2.45) is 0 Å². The molecule has 0 saturated carbocycles. The van der Waals surface area contributed by atoms with Crippen molar-refractivity contribution < 1.29 is 9.53 Å². The van der Waals surface area contributed by atoms with Gasteiger partial charge in [-0.25, -0.2) is 4.79 Å². The van der Waals surface area contributed by atoms with Crippen LogP contribution in [0, 0.1) is 18.3 Å². The first-order valence-corrected chi connectivity index (χ1v) is 5.07. The van der Waals surface area contributed by atoms with Gasteiger partial charge in [-0.3, -0.25) is 4.98 Å². The summed E-state index contributed by atoms with van der Waals surface area (Å²) >= 11 is 0. The average molecular weight is 218 g/mol. The summed E-state index contributed by atoms with van der Waals surface area (Å²) in [7, 11) is 0. The monoisotopic (exact) mass is 218 g/mol. The molecule has 1 unspecified atom stereocenters. The fraction of sp³-hybridized carbons (Fsp3) is 0.417. The summed E-state index contributed by atoms with van der Waals surface area (Å²) in [6.07, 6.45) is 0. The van der Waals surface area contributed by atoms with Crippen molar-refractivity contribution in [1.29, 1.82) is 5.26 Å². The number of nitriles is 1. The number of aromatic nitrogens is 1. The predicted octanol–water partition coefficient (Wildman–Crippen LogP) is 1.73. The molecular formula is C12H14N2O2. The number of hydrogen-bond donors (Lipinski definition) is 0. The van der Waals surface area contributed by atoms with Gasteiger partial charge >= 0.3 is 5.97 Å². The van der Waals surface area contributed by atoms with Crippen molar-refractivity contribution in [2.45, 2.75) is 26.2 Å². The maximum Gasteiger partial charge on any atom is 0.332 e.